The maximum atomic E-state index is 11.3. The van der Waals surface area contributed by atoms with Crippen LogP contribution >= 0.6 is 0 Å². The molecule has 0 rings (SSSR count). The minimum absolute atomic E-state index is 0.0389. The van der Waals surface area contributed by atoms with Gasteiger partial charge in [0.15, 0.2) is 0 Å². The molecule has 0 spiro atoms. The van der Waals surface area contributed by atoms with E-state index in [1.165, 1.54) is 14.0 Å². The van der Waals surface area contributed by atoms with Gasteiger partial charge in [-0.05, 0) is 19.8 Å². The van der Waals surface area contributed by atoms with E-state index in [2.05, 4.69) is 15.4 Å². The summed E-state index contributed by atoms with van der Waals surface area (Å²) in [7, 11) is 1.45. The summed E-state index contributed by atoms with van der Waals surface area (Å²) in [5.41, 5.74) is 0. The van der Waals surface area contributed by atoms with E-state index in [9.17, 15) is 14.4 Å². The maximum absolute atomic E-state index is 11.3. The molecule has 0 saturated heterocycles. The number of amides is 2. The molecule has 18 heavy (non-hydrogen) atoms. The lowest BCUT2D eigenvalue weighted by molar-refractivity contribution is -0.125. The van der Waals surface area contributed by atoms with E-state index in [1.807, 2.05) is 0 Å². The minimum atomic E-state index is -0.181. The zero-order valence-corrected chi connectivity index (χ0v) is 11.1. The first-order valence-electron chi connectivity index (χ1n) is 6.08. The number of carbonyl (C=O) groups is 3. The molecule has 6 heteroatoms. The van der Waals surface area contributed by atoms with Crippen LogP contribution < -0.4 is 10.6 Å². The Morgan fingerprint density at radius 1 is 0.944 bits per heavy atom. The Bertz CT molecular complexity index is 279. The van der Waals surface area contributed by atoms with E-state index in [1.54, 1.807) is 0 Å². The summed E-state index contributed by atoms with van der Waals surface area (Å²) >= 11 is 0. The van der Waals surface area contributed by atoms with Crippen molar-refractivity contribution in [2.45, 2.75) is 32.6 Å². The summed E-state index contributed by atoms with van der Waals surface area (Å²) in [5.74, 6) is -0.107. The number of carbonyl (C=O) groups excluding carboxylic acids is 3. The normalized spacial score (nSPS) is 9.89. The Balaban J connectivity index is 3.37. The molecule has 0 unspecified atom stereocenters. The van der Waals surface area contributed by atoms with Crippen LogP contribution in [0.4, 0.5) is 0 Å². The second-order valence-electron chi connectivity index (χ2n) is 4.04. The number of ether oxygens (including phenoxy) is 1. The molecule has 0 aromatic carbocycles. The van der Waals surface area contributed by atoms with Crippen molar-refractivity contribution in [1.82, 2.24) is 10.6 Å². The molecule has 0 bridgehead atoms. The number of hydrogen-bond donors (Lipinski definition) is 2. The number of rotatable bonds is 10. The molecule has 0 aromatic rings. The van der Waals surface area contributed by atoms with Gasteiger partial charge >= 0.3 is 0 Å². The lowest BCUT2D eigenvalue weighted by Crippen LogP contribution is -2.30. The van der Waals surface area contributed by atoms with E-state index in [0.717, 1.165) is 0 Å². The second-order valence-corrected chi connectivity index (χ2v) is 4.04. The number of nitrogens with one attached hydrogen (secondary N) is 2. The fraction of sp³-hybridized carbons (Fsp3) is 0.750. The van der Waals surface area contributed by atoms with Gasteiger partial charge in [0.05, 0.1) is 0 Å². The first kappa shape index (κ1) is 16.6. The number of methoxy groups -OCH3 is 1. The quantitative estimate of drug-likeness (QED) is 0.541. The van der Waals surface area contributed by atoms with Gasteiger partial charge in [-0.25, -0.2) is 0 Å². The zero-order valence-electron chi connectivity index (χ0n) is 11.1. The van der Waals surface area contributed by atoms with Crippen molar-refractivity contribution in [3.63, 3.8) is 0 Å². The van der Waals surface area contributed by atoms with Gasteiger partial charge in [0.25, 0.3) is 0 Å². The predicted octanol–water partition coefficient (Wildman–Crippen LogP) is 0.0146. The molecule has 2 amide bonds. The Kier molecular flexibility index (Phi) is 9.86. The maximum Gasteiger partial charge on any atom is 0.245 e. The summed E-state index contributed by atoms with van der Waals surface area (Å²) in [5, 5.41) is 5.36. The average molecular weight is 258 g/mol. The molecule has 0 aromatic heterocycles. The summed E-state index contributed by atoms with van der Waals surface area (Å²) in [6.07, 6.45) is 2.13. The van der Waals surface area contributed by atoms with Crippen LogP contribution in [0, 0.1) is 0 Å². The van der Waals surface area contributed by atoms with Crippen molar-refractivity contribution < 1.29 is 19.1 Å². The van der Waals surface area contributed by atoms with Crippen LogP contribution in [0.25, 0.3) is 0 Å². The van der Waals surface area contributed by atoms with Crippen LogP contribution in [0.1, 0.15) is 32.6 Å². The highest BCUT2D eigenvalue weighted by molar-refractivity contribution is 5.78. The third-order valence-corrected chi connectivity index (χ3v) is 2.21. The molecule has 0 aliphatic heterocycles. The van der Waals surface area contributed by atoms with Gasteiger partial charge in [-0.3, -0.25) is 9.59 Å². The van der Waals surface area contributed by atoms with Gasteiger partial charge < -0.3 is 20.2 Å². The standard InChI is InChI=1S/C12H22N2O4/c1-10(15)5-3-7-13-11(16)6-4-8-14-12(17)9-18-2/h3-9H2,1-2H3,(H,13,16)(H,14,17). The van der Waals surface area contributed by atoms with E-state index in [0.29, 0.717) is 38.8 Å². The molecule has 104 valence electrons. The molecule has 2 N–H and O–H groups in total. The number of hydrogen-bond acceptors (Lipinski definition) is 4. The van der Waals surface area contributed by atoms with Crippen molar-refractivity contribution in [2.75, 3.05) is 26.8 Å². The molecular formula is C12H22N2O4. The topological polar surface area (TPSA) is 84.5 Å². The third kappa shape index (κ3) is 11.1. The highest BCUT2D eigenvalue weighted by atomic mass is 16.5. The summed E-state index contributed by atoms with van der Waals surface area (Å²) in [6.45, 7) is 2.55. The SMILES string of the molecule is COCC(=O)NCCCC(=O)NCCCC(C)=O. The molecule has 0 radical (unpaired) electrons. The molecule has 0 saturated carbocycles. The molecule has 6 nitrogen and oxygen atoms in total. The first-order chi connectivity index (χ1) is 8.56. The second kappa shape index (κ2) is 10.7. The van der Waals surface area contributed by atoms with Crippen LogP contribution in [0.15, 0.2) is 0 Å². The van der Waals surface area contributed by atoms with Crippen molar-refractivity contribution in [3.05, 3.63) is 0 Å². The van der Waals surface area contributed by atoms with E-state index in [-0.39, 0.29) is 24.2 Å². The van der Waals surface area contributed by atoms with Gasteiger partial charge in [0, 0.05) is 33.0 Å². The smallest absolute Gasteiger partial charge is 0.245 e. The van der Waals surface area contributed by atoms with E-state index < -0.39 is 0 Å². The van der Waals surface area contributed by atoms with Crippen LogP contribution in [-0.2, 0) is 19.1 Å². The van der Waals surface area contributed by atoms with Gasteiger partial charge in [-0.1, -0.05) is 0 Å². The molecule has 0 atom stereocenters. The Hall–Kier alpha value is -1.43. The van der Waals surface area contributed by atoms with Crippen molar-refractivity contribution >= 4 is 17.6 Å². The van der Waals surface area contributed by atoms with Gasteiger partial charge in [0.2, 0.25) is 11.8 Å². The van der Waals surface area contributed by atoms with Crippen molar-refractivity contribution in [3.8, 4) is 0 Å². The van der Waals surface area contributed by atoms with Crippen molar-refractivity contribution in [2.24, 2.45) is 0 Å². The predicted molar refractivity (Wildman–Crippen MR) is 67.0 cm³/mol. The first-order valence-corrected chi connectivity index (χ1v) is 6.08. The van der Waals surface area contributed by atoms with Crippen molar-refractivity contribution in [1.29, 1.82) is 0 Å². The van der Waals surface area contributed by atoms with Crippen LogP contribution in [0.5, 0.6) is 0 Å². The number of ketones is 1. The summed E-state index contributed by atoms with van der Waals surface area (Å²) in [6, 6.07) is 0. The highest BCUT2D eigenvalue weighted by Gasteiger charge is 2.02. The van der Waals surface area contributed by atoms with Crippen LogP contribution in [-0.4, -0.2) is 44.4 Å². The Morgan fingerprint density at radius 2 is 1.50 bits per heavy atom. The van der Waals surface area contributed by atoms with Gasteiger partial charge in [-0.15, -0.1) is 0 Å². The minimum Gasteiger partial charge on any atom is -0.375 e. The molecule has 0 heterocycles. The highest BCUT2D eigenvalue weighted by Crippen LogP contribution is 1.91. The fourth-order valence-electron chi connectivity index (χ4n) is 1.31. The van der Waals surface area contributed by atoms with Crippen LogP contribution in [0.2, 0.25) is 0 Å². The zero-order chi connectivity index (χ0) is 13.8. The largest absolute Gasteiger partial charge is 0.375 e. The average Bonchev–Trinajstić information content (AvgIpc) is 2.30. The number of Topliss-reactive ketones (excluding diaryl/α,β-unsaturated/α-hetero) is 1. The fourth-order valence-corrected chi connectivity index (χ4v) is 1.31. The van der Waals surface area contributed by atoms with E-state index >= 15 is 0 Å². The molecule has 0 aliphatic rings. The van der Waals surface area contributed by atoms with Crippen LogP contribution in [0.3, 0.4) is 0 Å². The summed E-state index contributed by atoms with van der Waals surface area (Å²) in [4.78, 5) is 33.0. The van der Waals surface area contributed by atoms with E-state index in [4.69, 9.17) is 0 Å². The lowest BCUT2D eigenvalue weighted by Gasteiger charge is -2.05. The summed E-state index contributed by atoms with van der Waals surface area (Å²) < 4.78 is 4.65. The molecular weight excluding hydrogens is 236 g/mol. The third-order valence-electron chi connectivity index (χ3n) is 2.21. The Morgan fingerprint density at radius 3 is 2.06 bits per heavy atom. The monoisotopic (exact) mass is 258 g/mol. The Labute approximate surface area is 107 Å². The van der Waals surface area contributed by atoms with Gasteiger partial charge in [-0.2, -0.15) is 0 Å². The molecule has 0 aliphatic carbocycles. The van der Waals surface area contributed by atoms with Gasteiger partial charge in [0.1, 0.15) is 12.4 Å². The molecule has 0 fully saturated rings. The lowest BCUT2D eigenvalue weighted by atomic mass is 10.2.